The first-order valence-electron chi connectivity index (χ1n) is 7.22. The normalized spacial score (nSPS) is 11.0. The minimum Gasteiger partial charge on any atom is -0.506 e. The second kappa shape index (κ2) is 5.53. The zero-order chi connectivity index (χ0) is 15.6. The molecule has 0 unspecified atom stereocenters. The van der Waals surface area contributed by atoms with Gasteiger partial charge in [-0.25, -0.2) is 0 Å². The molecule has 0 aliphatic rings. The zero-order valence-corrected chi connectivity index (χ0v) is 12.2. The Labute approximate surface area is 132 Å². The monoisotopic (exact) mass is 303 g/mol. The van der Waals surface area contributed by atoms with E-state index in [-0.39, 0.29) is 5.75 Å². The second-order valence-corrected chi connectivity index (χ2v) is 5.27. The molecule has 2 aromatic carbocycles. The first-order valence-corrected chi connectivity index (χ1v) is 7.22. The Hall–Kier alpha value is -3.21. The van der Waals surface area contributed by atoms with Crippen molar-refractivity contribution in [2.75, 3.05) is 0 Å². The number of fused-ring (bicyclic) bond motifs is 1. The van der Waals surface area contributed by atoms with Gasteiger partial charge in [-0.2, -0.15) is 0 Å². The summed E-state index contributed by atoms with van der Waals surface area (Å²) in [5.74, 6) is 0.759. The molecule has 0 bridgehead atoms. The molecule has 0 spiro atoms. The molecule has 23 heavy (non-hydrogen) atoms. The van der Waals surface area contributed by atoms with Crippen molar-refractivity contribution < 1.29 is 9.52 Å². The van der Waals surface area contributed by atoms with Gasteiger partial charge in [-0.15, -0.1) is 10.2 Å². The van der Waals surface area contributed by atoms with Crippen LogP contribution < -0.4 is 0 Å². The van der Waals surface area contributed by atoms with Crippen molar-refractivity contribution in [2.24, 2.45) is 0 Å². The van der Waals surface area contributed by atoms with E-state index in [1.54, 1.807) is 6.07 Å². The maximum Gasteiger partial charge on any atom is 0.220 e. The number of hydrogen-bond acceptors (Lipinski definition) is 5. The number of rotatable bonds is 3. The van der Waals surface area contributed by atoms with E-state index in [9.17, 15) is 5.11 Å². The van der Waals surface area contributed by atoms with E-state index >= 15 is 0 Å². The minimum absolute atomic E-state index is 0.165. The van der Waals surface area contributed by atoms with Crippen molar-refractivity contribution in [3.05, 3.63) is 72.6 Å². The molecule has 0 saturated heterocycles. The number of hydrogen-bond donors (Lipinski definition) is 1. The van der Waals surface area contributed by atoms with E-state index in [2.05, 4.69) is 15.2 Å². The Balaban J connectivity index is 1.72. The van der Waals surface area contributed by atoms with Gasteiger partial charge in [-0.3, -0.25) is 4.98 Å². The Bertz CT molecular complexity index is 948. The Morgan fingerprint density at radius 1 is 1.04 bits per heavy atom. The number of pyridine rings is 1. The average molecular weight is 303 g/mol. The molecule has 0 aliphatic carbocycles. The molecule has 112 valence electrons. The molecule has 2 aromatic heterocycles. The van der Waals surface area contributed by atoms with E-state index in [0.29, 0.717) is 12.3 Å². The summed E-state index contributed by atoms with van der Waals surface area (Å²) in [5, 5.41) is 18.2. The Morgan fingerprint density at radius 3 is 2.70 bits per heavy atom. The van der Waals surface area contributed by atoms with Gasteiger partial charge < -0.3 is 9.52 Å². The predicted octanol–water partition coefficient (Wildman–Crippen LogP) is 3.58. The standard InChI is InChI=1S/C18H13N3O2/c22-14-9-16-15(2-1-3-17(16)19-10-14)13-6-4-12(5-7-13)8-18-21-20-11-23-18/h1-7,9-11,22H,8H2. The number of aromatic hydroxyl groups is 1. The van der Waals surface area contributed by atoms with Gasteiger partial charge in [0.05, 0.1) is 18.1 Å². The fourth-order valence-corrected chi connectivity index (χ4v) is 2.64. The predicted molar refractivity (Wildman–Crippen MR) is 85.9 cm³/mol. The van der Waals surface area contributed by atoms with Crippen molar-refractivity contribution in [3.8, 4) is 16.9 Å². The lowest BCUT2D eigenvalue weighted by Gasteiger charge is -2.07. The summed E-state index contributed by atoms with van der Waals surface area (Å²) >= 11 is 0. The van der Waals surface area contributed by atoms with Gasteiger partial charge in [0, 0.05) is 5.39 Å². The van der Waals surface area contributed by atoms with Gasteiger partial charge in [0.1, 0.15) is 5.75 Å². The van der Waals surface area contributed by atoms with Crippen LogP contribution in [-0.4, -0.2) is 20.3 Å². The molecule has 0 amide bonds. The molecular formula is C18H13N3O2. The van der Waals surface area contributed by atoms with Crippen LogP contribution in [0.1, 0.15) is 11.5 Å². The highest BCUT2D eigenvalue weighted by atomic mass is 16.4. The molecule has 4 rings (SSSR count). The smallest absolute Gasteiger partial charge is 0.220 e. The molecule has 0 aliphatic heterocycles. The van der Waals surface area contributed by atoms with Crippen molar-refractivity contribution >= 4 is 10.9 Å². The molecule has 5 nitrogen and oxygen atoms in total. The third kappa shape index (κ3) is 2.64. The zero-order valence-electron chi connectivity index (χ0n) is 12.2. The Kier molecular flexibility index (Phi) is 3.24. The van der Waals surface area contributed by atoms with Gasteiger partial charge in [-0.1, -0.05) is 36.4 Å². The summed E-state index contributed by atoms with van der Waals surface area (Å²) in [5.41, 5.74) is 4.06. The molecule has 4 aromatic rings. The highest BCUT2D eigenvalue weighted by molar-refractivity contribution is 5.95. The van der Waals surface area contributed by atoms with E-state index in [1.807, 2.05) is 42.5 Å². The van der Waals surface area contributed by atoms with Gasteiger partial charge >= 0.3 is 0 Å². The summed E-state index contributed by atoms with van der Waals surface area (Å²) in [7, 11) is 0. The lowest BCUT2D eigenvalue weighted by Crippen LogP contribution is -1.89. The Morgan fingerprint density at radius 2 is 1.91 bits per heavy atom. The van der Waals surface area contributed by atoms with Gasteiger partial charge in [0.25, 0.3) is 0 Å². The van der Waals surface area contributed by atoms with E-state index in [4.69, 9.17) is 4.42 Å². The SMILES string of the molecule is Oc1cnc2cccc(-c3ccc(Cc4nnco4)cc3)c2c1. The molecular weight excluding hydrogens is 290 g/mol. The summed E-state index contributed by atoms with van der Waals surface area (Å²) < 4.78 is 5.16. The third-order valence-corrected chi connectivity index (χ3v) is 3.74. The molecule has 0 fully saturated rings. The van der Waals surface area contributed by atoms with Crippen LogP contribution in [0.15, 0.2) is 65.5 Å². The first-order chi connectivity index (χ1) is 11.3. The minimum atomic E-state index is 0.165. The first kappa shape index (κ1) is 13.5. The number of benzene rings is 2. The second-order valence-electron chi connectivity index (χ2n) is 5.27. The molecule has 0 atom stereocenters. The van der Waals surface area contributed by atoms with Crippen LogP contribution in [0, 0.1) is 0 Å². The van der Waals surface area contributed by atoms with Crippen molar-refractivity contribution in [1.82, 2.24) is 15.2 Å². The molecule has 0 radical (unpaired) electrons. The molecule has 1 N–H and O–H groups in total. The van der Waals surface area contributed by atoms with E-state index in [1.165, 1.54) is 12.6 Å². The van der Waals surface area contributed by atoms with Crippen LogP contribution in [-0.2, 0) is 6.42 Å². The van der Waals surface area contributed by atoms with Gasteiger partial charge in [0.2, 0.25) is 12.3 Å². The van der Waals surface area contributed by atoms with Crippen LogP contribution in [0.5, 0.6) is 5.75 Å². The van der Waals surface area contributed by atoms with Crippen LogP contribution >= 0.6 is 0 Å². The van der Waals surface area contributed by atoms with Crippen LogP contribution in [0.2, 0.25) is 0 Å². The van der Waals surface area contributed by atoms with Crippen molar-refractivity contribution in [3.63, 3.8) is 0 Å². The fourth-order valence-electron chi connectivity index (χ4n) is 2.64. The molecule has 5 heteroatoms. The maximum absolute atomic E-state index is 9.70. The highest BCUT2D eigenvalue weighted by Crippen LogP contribution is 2.30. The van der Waals surface area contributed by atoms with E-state index in [0.717, 1.165) is 27.6 Å². The van der Waals surface area contributed by atoms with Crippen LogP contribution in [0.4, 0.5) is 0 Å². The maximum atomic E-state index is 9.70. The fraction of sp³-hybridized carbons (Fsp3) is 0.0556. The van der Waals surface area contributed by atoms with Crippen molar-refractivity contribution in [1.29, 1.82) is 0 Å². The largest absolute Gasteiger partial charge is 0.506 e. The van der Waals surface area contributed by atoms with Crippen LogP contribution in [0.25, 0.3) is 22.0 Å². The average Bonchev–Trinajstić information content (AvgIpc) is 3.08. The highest BCUT2D eigenvalue weighted by Gasteiger charge is 2.07. The summed E-state index contributed by atoms with van der Waals surface area (Å²) in [4.78, 5) is 4.26. The summed E-state index contributed by atoms with van der Waals surface area (Å²) in [6, 6.07) is 15.8. The number of nitrogens with zero attached hydrogens (tertiary/aromatic N) is 3. The number of aromatic nitrogens is 3. The summed E-state index contributed by atoms with van der Waals surface area (Å²) in [6.07, 6.45) is 3.40. The third-order valence-electron chi connectivity index (χ3n) is 3.74. The molecule has 0 saturated carbocycles. The van der Waals surface area contributed by atoms with Gasteiger partial charge in [-0.05, 0) is 28.8 Å². The lowest BCUT2D eigenvalue weighted by molar-refractivity contribution is 0.474. The van der Waals surface area contributed by atoms with E-state index < -0.39 is 0 Å². The lowest BCUT2D eigenvalue weighted by atomic mass is 9.99. The topological polar surface area (TPSA) is 72.0 Å². The molecule has 2 heterocycles. The summed E-state index contributed by atoms with van der Waals surface area (Å²) in [6.45, 7) is 0. The van der Waals surface area contributed by atoms with Crippen molar-refractivity contribution in [2.45, 2.75) is 6.42 Å². The van der Waals surface area contributed by atoms with Gasteiger partial charge in [0.15, 0.2) is 0 Å². The van der Waals surface area contributed by atoms with Crippen LogP contribution in [0.3, 0.4) is 0 Å². The quantitative estimate of drug-likeness (QED) is 0.626.